The maximum Gasteiger partial charge on any atom is 0.150 e. The predicted octanol–water partition coefficient (Wildman–Crippen LogP) is 1.16. The van der Waals surface area contributed by atoms with Gasteiger partial charge in [0.25, 0.3) is 0 Å². The molecule has 3 nitrogen and oxygen atoms in total. The van der Waals surface area contributed by atoms with E-state index in [4.69, 9.17) is 10.5 Å². The lowest BCUT2D eigenvalue weighted by Gasteiger charge is -2.21. The number of nitriles is 2. The Morgan fingerprint density at radius 3 is 2.36 bits per heavy atom. The molecule has 0 aromatic carbocycles. The van der Waals surface area contributed by atoms with Gasteiger partial charge in [0, 0.05) is 12.8 Å². The Bertz CT molecular complexity index is 242. The molecule has 0 saturated heterocycles. The third-order valence-corrected chi connectivity index (χ3v) is 1.99. The van der Waals surface area contributed by atoms with E-state index in [-0.39, 0.29) is 12.2 Å². The number of carbonyl (C=O) groups excluding carboxylic acids is 1. The van der Waals surface area contributed by atoms with Crippen molar-refractivity contribution in [3.63, 3.8) is 0 Å². The fraction of sp³-hybridized carbons (Fsp3) is 0.625. The summed E-state index contributed by atoms with van der Waals surface area (Å²) >= 11 is 0. The lowest BCUT2D eigenvalue weighted by atomic mass is 9.76. The summed E-state index contributed by atoms with van der Waals surface area (Å²) in [6.07, 6.45) is 1.89. The first-order chi connectivity index (χ1) is 5.22. The van der Waals surface area contributed by atoms with Crippen LogP contribution < -0.4 is 0 Å². The molecule has 1 rings (SSSR count). The van der Waals surface area contributed by atoms with Crippen LogP contribution in [0.2, 0.25) is 0 Å². The Labute approximate surface area is 65.2 Å². The normalized spacial score (nSPS) is 21.8. The molecule has 0 bridgehead atoms. The maximum absolute atomic E-state index is 10.9. The molecule has 0 aliphatic heterocycles. The van der Waals surface area contributed by atoms with Crippen LogP contribution in [0, 0.1) is 28.1 Å². The van der Waals surface area contributed by atoms with E-state index in [1.807, 2.05) is 12.1 Å². The fourth-order valence-corrected chi connectivity index (χ4v) is 1.32. The molecule has 0 amide bonds. The molecule has 1 saturated carbocycles. The number of hydrogen-bond donors (Lipinski definition) is 0. The highest BCUT2D eigenvalue weighted by atomic mass is 16.1. The molecule has 0 radical (unpaired) electrons. The molecule has 0 atom stereocenters. The summed E-state index contributed by atoms with van der Waals surface area (Å²) in [7, 11) is 0. The molecule has 1 aliphatic rings. The monoisotopic (exact) mass is 148 g/mol. The number of rotatable bonds is 0. The largest absolute Gasteiger partial charge is 0.300 e. The van der Waals surface area contributed by atoms with Gasteiger partial charge in [-0.25, -0.2) is 0 Å². The summed E-state index contributed by atoms with van der Waals surface area (Å²) < 4.78 is 0. The third kappa shape index (κ3) is 1.38. The fourth-order valence-electron chi connectivity index (χ4n) is 1.32. The van der Waals surface area contributed by atoms with Gasteiger partial charge in [-0.15, -0.1) is 0 Å². The van der Waals surface area contributed by atoms with E-state index >= 15 is 0 Å². The van der Waals surface area contributed by atoms with Crippen molar-refractivity contribution in [3.8, 4) is 12.1 Å². The van der Waals surface area contributed by atoms with Gasteiger partial charge in [0.15, 0.2) is 5.41 Å². The van der Waals surface area contributed by atoms with Crippen molar-refractivity contribution in [3.05, 3.63) is 0 Å². The van der Waals surface area contributed by atoms with Gasteiger partial charge in [-0.2, -0.15) is 10.5 Å². The summed E-state index contributed by atoms with van der Waals surface area (Å²) in [5, 5.41) is 17.3. The Kier molecular flexibility index (Phi) is 1.92. The van der Waals surface area contributed by atoms with Gasteiger partial charge in [0.2, 0.25) is 0 Å². The van der Waals surface area contributed by atoms with Gasteiger partial charge in [0.1, 0.15) is 5.78 Å². The van der Waals surface area contributed by atoms with E-state index in [1.165, 1.54) is 0 Å². The second-order valence-electron chi connectivity index (χ2n) is 2.87. The smallest absolute Gasteiger partial charge is 0.150 e. The summed E-state index contributed by atoms with van der Waals surface area (Å²) in [4.78, 5) is 10.9. The zero-order valence-corrected chi connectivity index (χ0v) is 6.13. The molecule has 3 heteroatoms. The quantitative estimate of drug-likeness (QED) is 0.517. The number of nitrogens with zero attached hydrogens (tertiary/aromatic N) is 2. The molecular formula is C8H8N2O. The SMILES string of the molecule is N#CC1(C#N)CCCC(=O)C1. The average molecular weight is 148 g/mol. The summed E-state index contributed by atoms with van der Waals surface area (Å²) in [6.45, 7) is 0. The van der Waals surface area contributed by atoms with Crippen molar-refractivity contribution >= 4 is 5.78 Å². The molecule has 0 heterocycles. The molecule has 0 spiro atoms. The summed E-state index contributed by atoms with van der Waals surface area (Å²) in [5.74, 6) is 0.0411. The van der Waals surface area contributed by atoms with Gasteiger partial charge in [0.05, 0.1) is 12.1 Å². The minimum atomic E-state index is -1.00. The lowest BCUT2D eigenvalue weighted by molar-refractivity contribution is -0.121. The predicted molar refractivity (Wildman–Crippen MR) is 37.1 cm³/mol. The van der Waals surface area contributed by atoms with Crippen molar-refractivity contribution in [2.45, 2.75) is 25.7 Å². The van der Waals surface area contributed by atoms with E-state index in [2.05, 4.69) is 0 Å². The minimum absolute atomic E-state index is 0.0411. The highest BCUT2D eigenvalue weighted by molar-refractivity contribution is 5.80. The van der Waals surface area contributed by atoms with Crippen molar-refractivity contribution in [1.82, 2.24) is 0 Å². The first kappa shape index (κ1) is 7.75. The van der Waals surface area contributed by atoms with Crippen molar-refractivity contribution in [2.75, 3.05) is 0 Å². The third-order valence-electron chi connectivity index (χ3n) is 1.99. The lowest BCUT2D eigenvalue weighted by Crippen LogP contribution is -2.25. The number of ketones is 1. The Hall–Kier alpha value is -1.35. The van der Waals surface area contributed by atoms with Gasteiger partial charge < -0.3 is 0 Å². The summed E-state index contributed by atoms with van der Waals surface area (Å²) in [5.41, 5.74) is -1.00. The molecule has 1 aliphatic carbocycles. The van der Waals surface area contributed by atoms with E-state index in [1.54, 1.807) is 0 Å². The topological polar surface area (TPSA) is 64.7 Å². The van der Waals surface area contributed by atoms with Crippen LogP contribution in [0.4, 0.5) is 0 Å². The highest BCUT2D eigenvalue weighted by Crippen LogP contribution is 2.32. The molecule has 56 valence electrons. The first-order valence-electron chi connectivity index (χ1n) is 3.57. The van der Waals surface area contributed by atoms with E-state index in [0.717, 1.165) is 0 Å². The number of Topliss-reactive ketones (excluding diaryl/α,β-unsaturated/α-hetero) is 1. The van der Waals surface area contributed by atoms with E-state index in [0.29, 0.717) is 19.3 Å². The first-order valence-corrected chi connectivity index (χ1v) is 3.57. The van der Waals surface area contributed by atoms with E-state index < -0.39 is 5.41 Å². The Morgan fingerprint density at radius 1 is 1.36 bits per heavy atom. The van der Waals surface area contributed by atoms with Crippen LogP contribution in [-0.4, -0.2) is 5.78 Å². The zero-order chi connectivity index (χ0) is 8.32. The van der Waals surface area contributed by atoms with Crippen LogP contribution >= 0.6 is 0 Å². The van der Waals surface area contributed by atoms with E-state index in [9.17, 15) is 4.79 Å². The van der Waals surface area contributed by atoms with Crippen LogP contribution in [0.25, 0.3) is 0 Å². The second kappa shape index (κ2) is 2.72. The molecule has 0 unspecified atom stereocenters. The van der Waals surface area contributed by atoms with Crippen LogP contribution in [0.15, 0.2) is 0 Å². The Morgan fingerprint density at radius 2 is 2.00 bits per heavy atom. The number of carbonyl (C=O) groups is 1. The molecule has 11 heavy (non-hydrogen) atoms. The van der Waals surface area contributed by atoms with Gasteiger partial charge in [-0.1, -0.05) is 0 Å². The summed E-state index contributed by atoms with van der Waals surface area (Å²) in [6, 6.07) is 3.83. The molecule has 0 aromatic rings. The molecule has 1 fully saturated rings. The highest BCUT2D eigenvalue weighted by Gasteiger charge is 2.35. The second-order valence-corrected chi connectivity index (χ2v) is 2.87. The van der Waals surface area contributed by atoms with Crippen molar-refractivity contribution in [2.24, 2.45) is 5.41 Å². The van der Waals surface area contributed by atoms with Gasteiger partial charge in [-0.3, -0.25) is 4.79 Å². The van der Waals surface area contributed by atoms with Gasteiger partial charge >= 0.3 is 0 Å². The van der Waals surface area contributed by atoms with Crippen molar-refractivity contribution < 1.29 is 4.79 Å². The van der Waals surface area contributed by atoms with Crippen LogP contribution in [0.5, 0.6) is 0 Å². The molecular weight excluding hydrogens is 140 g/mol. The average Bonchev–Trinajstić information content (AvgIpc) is 2.04. The van der Waals surface area contributed by atoms with Crippen molar-refractivity contribution in [1.29, 1.82) is 10.5 Å². The zero-order valence-electron chi connectivity index (χ0n) is 6.13. The molecule has 0 N–H and O–H groups in total. The molecule has 0 aromatic heterocycles. The van der Waals surface area contributed by atoms with Gasteiger partial charge in [-0.05, 0) is 12.8 Å². The standard InChI is InChI=1S/C8H8N2O/c9-5-8(6-10)3-1-2-7(11)4-8/h1-4H2. The number of hydrogen-bond acceptors (Lipinski definition) is 3. The van der Waals surface area contributed by atoms with Crippen LogP contribution in [0.3, 0.4) is 0 Å². The Balaban J connectivity index is 2.80. The maximum atomic E-state index is 10.9. The van der Waals surface area contributed by atoms with Crippen LogP contribution in [0.1, 0.15) is 25.7 Å². The van der Waals surface area contributed by atoms with Crippen LogP contribution in [-0.2, 0) is 4.79 Å². The minimum Gasteiger partial charge on any atom is -0.300 e.